The van der Waals surface area contributed by atoms with Crippen LogP contribution in [0.1, 0.15) is 17.5 Å². The highest BCUT2D eigenvalue weighted by Gasteiger charge is 2.11. The lowest BCUT2D eigenvalue weighted by molar-refractivity contribution is -0.104. The zero-order valence-electron chi connectivity index (χ0n) is 7.67. The van der Waals surface area contributed by atoms with E-state index in [1.807, 2.05) is 0 Å². The van der Waals surface area contributed by atoms with E-state index < -0.39 is 12.1 Å². The van der Waals surface area contributed by atoms with Gasteiger partial charge in [-0.25, -0.2) is 4.79 Å². The van der Waals surface area contributed by atoms with Crippen LogP contribution in [0.15, 0.2) is 35.0 Å². The van der Waals surface area contributed by atoms with Gasteiger partial charge in [0.15, 0.2) is 0 Å². The third-order valence-electron chi connectivity index (χ3n) is 1.48. The fourth-order valence-electron chi connectivity index (χ4n) is 0.863. The lowest BCUT2D eigenvalue weighted by Gasteiger charge is -2.06. The first-order valence-electron chi connectivity index (χ1n) is 4.10. The van der Waals surface area contributed by atoms with Crippen molar-refractivity contribution in [3.05, 3.63) is 36.3 Å². The van der Waals surface area contributed by atoms with E-state index in [4.69, 9.17) is 9.15 Å². The van der Waals surface area contributed by atoms with Gasteiger partial charge in [0.1, 0.15) is 12.4 Å². The zero-order chi connectivity index (χ0) is 10.4. The quantitative estimate of drug-likeness (QED) is 0.415. The number of aldehydes is 1. The Hall–Kier alpha value is -1.84. The van der Waals surface area contributed by atoms with Crippen molar-refractivity contribution in [3.8, 4) is 0 Å². The van der Waals surface area contributed by atoms with E-state index in [1.54, 1.807) is 13.0 Å². The van der Waals surface area contributed by atoms with Crippen LogP contribution in [0.4, 0.5) is 0 Å². The van der Waals surface area contributed by atoms with Crippen molar-refractivity contribution in [3.63, 3.8) is 0 Å². The third-order valence-corrected chi connectivity index (χ3v) is 1.48. The second kappa shape index (κ2) is 5.01. The van der Waals surface area contributed by atoms with Crippen molar-refractivity contribution in [2.24, 2.45) is 0 Å². The molecular formula is C10H10O4. The van der Waals surface area contributed by atoms with E-state index in [1.165, 1.54) is 24.5 Å². The molecule has 0 aliphatic rings. The lowest BCUT2D eigenvalue weighted by atomic mass is 10.3. The molecule has 74 valence electrons. The molecule has 0 saturated carbocycles. The Morgan fingerprint density at radius 1 is 1.64 bits per heavy atom. The van der Waals surface area contributed by atoms with Gasteiger partial charge in [-0.2, -0.15) is 0 Å². The summed E-state index contributed by atoms with van der Waals surface area (Å²) in [6.45, 7) is 1.65. The van der Waals surface area contributed by atoms with E-state index in [2.05, 4.69) is 0 Å². The number of ether oxygens (including phenoxy) is 1. The first kappa shape index (κ1) is 10.2. The number of carbonyl (C=O) groups excluding carboxylic acids is 2. The van der Waals surface area contributed by atoms with Crippen LogP contribution >= 0.6 is 0 Å². The van der Waals surface area contributed by atoms with Crippen molar-refractivity contribution in [2.45, 2.75) is 13.0 Å². The molecule has 1 unspecified atom stereocenters. The predicted molar refractivity (Wildman–Crippen MR) is 48.8 cm³/mol. The second-order valence-corrected chi connectivity index (χ2v) is 2.61. The highest BCUT2D eigenvalue weighted by atomic mass is 16.6. The van der Waals surface area contributed by atoms with E-state index in [0.29, 0.717) is 6.29 Å². The summed E-state index contributed by atoms with van der Waals surface area (Å²) in [4.78, 5) is 21.2. The van der Waals surface area contributed by atoms with Gasteiger partial charge in [0, 0.05) is 0 Å². The maximum atomic E-state index is 11.2. The summed E-state index contributed by atoms with van der Waals surface area (Å²) in [7, 11) is 0. The third kappa shape index (κ3) is 2.90. The van der Waals surface area contributed by atoms with Gasteiger partial charge in [-0.3, -0.25) is 4.79 Å². The Labute approximate surface area is 81.2 Å². The van der Waals surface area contributed by atoms with E-state index in [-0.39, 0.29) is 5.76 Å². The molecule has 1 rings (SSSR count). The van der Waals surface area contributed by atoms with Gasteiger partial charge in [-0.1, -0.05) is 0 Å². The summed E-state index contributed by atoms with van der Waals surface area (Å²) in [5, 5.41) is 0. The van der Waals surface area contributed by atoms with Crippen LogP contribution in [0.5, 0.6) is 0 Å². The van der Waals surface area contributed by atoms with Crippen LogP contribution in [-0.4, -0.2) is 18.4 Å². The zero-order valence-corrected chi connectivity index (χ0v) is 7.67. The van der Waals surface area contributed by atoms with Gasteiger partial charge in [0.2, 0.25) is 5.76 Å². The van der Waals surface area contributed by atoms with Crippen molar-refractivity contribution in [1.29, 1.82) is 0 Å². The molecule has 0 aliphatic heterocycles. The van der Waals surface area contributed by atoms with Gasteiger partial charge in [-0.05, 0) is 31.2 Å². The molecule has 14 heavy (non-hydrogen) atoms. The summed E-state index contributed by atoms with van der Waals surface area (Å²) in [6.07, 6.45) is 4.33. The summed E-state index contributed by atoms with van der Waals surface area (Å²) >= 11 is 0. The Morgan fingerprint density at radius 3 is 3.00 bits per heavy atom. The number of hydrogen-bond acceptors (Lipinski definition) is 4. The average Bonchev–Trinajstić information content (AvgIpc) is 2.67. The fourth-order valence-corrected chi connectivity index (χ4v) is 0.863. The van der Waals surface area contributed by atoms with Gasteiger partial charge in [-0.15, -0.1) is 0 Å². The molecule has 0 radical (unpaired) electrons. The van der Waals surface area contributed by atoms with Crippen LogP contribution in [0.3, 0.4) is 0 Å². The molecule has 1 heterocycles. The standard InChI is InChI=1S/C10H10O4/c1-8(4-2-6-11)14-10(12)9-5-3-7-13-9/h2-8H,1H3. The highest BCUT2D eigenvalue weighted by Crippen LogP contribution is 2.04. The fraction of sp³-hybridized carbons (Fsp3) is 0.200. The van der Waals surface area contributed by atoms with Crippen LogP contribution < -0.4 is 0 Å². The molecule has 1 aromatic heterocycles. The van der Waals surface area contributed by atoms with E-state index in [9.17, 15) is 9.59 Å². The summed E-state index contributed by atoms with van der Waals surface area (Å²) in [6, 6.07) is 3.11. The minimum Gasteiger partial charge on any atom is -0.457 e. The number of rotatable bonds is 4. The molecule has 0 bridgehead atoms. The predicted octanol–water partition coefficient (Wildman–Crippen LogP) is 1.58. The minimum atomic E-state index is -0.543. The maximum Gasteiger partial charge on any atom is 0.374 e. The van der Waals surface area contributed by atoms with Crippen molar-refractivity contribution < 1.29 is 18.7 Å². The Kier molecular flexibility index (Phi) is 3.67. The summed E-state index contributed by atoms with van der Waals surface area (Å²) in [5.41, 5.74) is 0. The van der Waals surface area contributed by atoms with Crippen LogP contribution in [-0.2, 0) is 9.53 Å². The topological polar surface area (TPSA) is 56.5 Å². The Morgan fingerprint density at radius 2 is 2.43 bits per heavy atom. The van der Waals surface area contributed by atoms with Gasteiger partial charge in [0.05, 0.1) is 6.26 Å². The smallest absolute Gasteiger partial charge is 0.374 e. The Bertz CT molecular complexity index is 324. The molecule has 1 atom stereocenters. The highest BCUT2D eigenvalue weighted by molar-refractivity contribution is 5.86. The number of furan rings is 1. The average molecular weight is 194 g/mol. The van der Waals surface area contributed by atoms with Crippen molar-refractivity contribution in [1.82, 2.24) is 0 Å². The second-order valence-electron chi connectivity index (χ2n) is 2.61. The molecule has 1 aromatic rings. The molecule has 0 aliphatic carbocycles. The molecule has 0 saturated heterocycles. The van der Waals surface area contributed by atoms with Crippen LogP contribution in [0, 0.1) is 0 Å². The molecule has 0 fully saturated rings. The number of carbonyl (C=O) groups is 2. The SMILES string of the molecule is CC(C=CC=O)OC(=O)c1ccco1. The normalized spacial score (nSPS) is 12.6. The van der Waals surface area contributed by atoms with Gasteiger partial charge < -0.3 is 9.15 Å². The van der Waals surface area contributed by atoms with E-state index in [0.717, 1.165) is 0 Å². The van der Waals surface area contributed by atoms with Gasteiger partial charge >= 0.3 is 5.97 Å². The summed E-state index contributed by atoms with van der Waals surface area (Å²) < 4.78 is 9.75. The monoisotopic (exact) mass is 194 g/mol. The first-order chi connectivity index (χ1) is 6.74. The molecule has 0 aromatic carbocycles. The lowest BCUT2D eigenvalue weighted by Crippen LogP contribution is -2.12. The van der Waals surface area contributed by atoms with Gasteiger partial charge in [0.25, 0.3) is 0 Å². The van der Waals surface area contributed by atoms with Crippen molar-refractivity contribution >= 4 is 12.3 Å². The molecule has 0 amide bonds. The number of hydrogen-bond donors (Lipinski definition) is 0. The Balaban J connectivity index is 2.49. The van der Waals surface area contributed by atoms with E-state index >= 15 is 0 Å². The summed E-state index contributed by atoms with van der Waals surface area (Å²) in [5.74, 6) is -0.394. The maximum absolute atomic E-state index is 11.2. The molecular weight excluding hydrogens is 184 g/mol. The molecule has 0 spiro atoms. The minimum absolute atomic E-state index is 0.149. The largest absolute Gasteiger partial charge is 0.457 e. The number of allylic oxidation sites excluding steroid dienone is 1. The van der Waals surface area contributed by atoms with Crippen LogP contribution in [0.25, 0.3) is 0 Å². The molecule has 4 heteroatoms. The number of esters is 1. The van der Waals surface area contributed by atoms with Crippen LogP contribution in [0.2, 0.25) is 0 Å². The first-order valence-corrected chi connectivity index (χ1v) is 4.10. The molecule has 0 N–H and O–H groups in total. The molecule has 4 nitrogen and oxygen atoms in total. The van der Waals surface area contributed by atoms with Crippen molar-refractivity contribution in [2.75, 3.05) is 0 Å².